The molecule has 1 heterocycles. The van der Waals surface area contributed by atoms with Crippen molar-refractivity contribution in [2.45, 2.75) is 31.8 Å². The maximum atomic E-state index is 11.8. The Hall–Kier alpha value is -1.84. The average molecular weight is 229 g/mol. The van der Waals surface area contributed by atoms with E-state index in [1.54, 1.807) is 0 Å². The summed E-state index contributed by atoms with van der Waals surface area (Å²) in [5.74, 6) is 0.299. The van der Waals surface area contributed by atoms with Crippen LogP contribution in [-0.4, -0.2) is 22.8 Å². The van der Waals surface area contributed by atoms with Crippen molar-refractivity contribution in [1.29, 1.82) is 5.41 Å². The number of carbonyl (C=O) groups excluding carboxylic acids is 1. The van der Waals surface area contributed by atoms with Gasteiger partial charge in [0.1, 0.15) is 11.9 Å². The van der Waals surface area contributed by atoms with Crippen LogP contribution >= 0.6 is 0 Å². The highest BCUT2D eigenvalue weighted by Crippen LogP contribution is 2.37. The number of rotatable bonds is 2. The van der Waals surface area contributed by atoms with Gasteiger partial charge in [-0.25, -0.2) is 4.79 Å². The molecule has 1 unspecified atom stereocenters. The third-order valence-corrected chi connectivity index (χ3v) is 3.33. The fraction of sp³-hybridized carbons (Fsp3) is 0.385. The number of nitrogens with one attached hydrogen (secondary N) is 2. The maximum absolute atomic E-state index is 11.8. The molecule has 88 valence electrons. The van der Waals surface area contributed by atoms with Crippen LogP contribution in [0.25, 0.3) is 0 Å². The summed E-state index contributed by atoms with van der Waals surface area (Å²) in [5.41, 5.74) is 2.19. The van der Waals surface area contributed by atoms with Crippen molar-refractivity contribution in [3.8, 4) is 0 Å². The molecule has 0 spiro atoms. The fourth-order valence-corrected chi connectivity index (χ4v) is 2.40. The molecule has 0 aromatic heterocycles. The van der Waals surface area contributed by atoms with Crippen LogP contribution in [0.15, 0.2) is 24.3 Å². The molecule has 0 radical (unpaired) electrons. The van der Waals surface area contributed by atoms with E-state index in [9.17, 15) is 4.79 Å². The standard InChI is InChI=1S/C13H15N3O/c1-8-3-2-4-9(7-8)11-12(14)15-13(17)16(11)10-5-6-10/h2-4,7,10-11H,5-6H2,1H3,(H2,14,15,17). The van der Waals surface area contributed by atoms with E-state index in [1.165, 1.54) is 0 Å². The SMILES string of the molecule is Cc1cccc(C2C(=N)NC(=O)N2C2CC2)c1. The summed E-state index contributed by atoms with van der Waals surface area (Å²) in [6, 6.07) is 8.03. The molecule has 3 rings (SSSR count). The van der Waals surface area contributed by atoms with Gasteiger partial charge < -0.3 is 4.90 Å². The quantitative estimate of drug-likeness (QED) is 0.802. The number of benzene rings is 1. The highest BCUT2D eigenvalue weighted by atomic mass is 16.2. The Morgan fingerprint density at radius 2 is 2.18 bits per heavy atom. The molecule has 1 atom stereocenters. The zero-order valence-corrected chi connectivity index (χ0v) is 9.73. The van der Waals surface area contributed by atoms with Gasteiger partial charge in [0.05, 0.1) is 0 Å². The molecule has 4 nitrogen and oxygen atoms in total. The number of amidine groups is 1. The summed E-state index contributed by atoms with van der Waals surface area (Å²) >= 11 is 0. The number of urea groups is 1. The normalized spacial score (nSPS) is 24.1. The van der Waals surface area contributed by atoms with Crippen molar-refractivity contribution in [3.63, 3.8) is 0 Å². The molecular weight excluding hydrogens is 214 g/mol. The minimum Gasteiger partial charge on any atom is -0.307 e. The third-order valence-electron chi connectivity index (χ3n) is 3.33. The first-order chi connectivity index (χ1) is 8.16. The van der Waals surface area contributed by atoms with E-state index >= 15 is 0 Å². The van der Waals surface area contributed by atoms with Gasteiger partial charge in [-0.2, -0.15) is 0 Å². The summed E-state index contributed by atoms with van der Waals surface area (Å²) in [5, 5.41) is 10.5. The van der Waals surface area contributed by atoms with Gasteiger partial charge in [0.15, 0.2) is 0 Å². The van der Waals surface area contributed by atoms with E-state index in [2.05, 4.69) is 11.4 Å². The number of aryl methyl sites for hydroxylation is 1. The average Bonchev–Trinajstić information content (AvgIpc) is 3.04. The lowest BCUT2D eigenvalue weighted by Crippen LogP contribution is -2.31. The first kappa shape index (κ1) is 10.3. The van der Waals surface area contributed by atoms with Crippen LogP contribution in [0.4, 0.5) is 4.79 Å². The Kier molecular flexibility index (Phi) is 2.18. The molecule has 1 aliphatic carbocycles. The minimum atomic E-state index is -0.213. The molecule has 0 bridgehead atoms. The molecule has 1 aliphatic heterocycles. The Bertz CT molecular complexity index is 493. The molecule has 1 saturated heterocycles. The summed E-state index contributed by atoms with van der Waals surface area (Å²) in [7, 11) is 0. The maximum Gasteiger partial charge on any atom is 0.323 e. The van der Waals surface area contributed by atoms with Crippen LogP contribution in [0.2, 0.25) is 0 Å². The van der Waals surface area contributed by atoms with Gasteiger partial charge in [0.25, 0.3) is 0 Å². The van der Waals surface area contributed by atoms with E-state index in [1.807, 2.05) is 30.0 Å². The van der Waals surface area contributed by atoms with Gasteiger partial charge in [-0.05, 0) is 25.3 Å². The molecule has 2 aliphatic rings. The van der Waals surface area contributed by atoms with Crippen molar-refractivity contribution in [2.24, 2.45) is 0 Å². The monoisotopic (exact) mass is 229 g/mol. The second-order valence-electron chi connectivity index (χ2n) is 4.80. The fourth-order valence-electron chi connectivity index (χ4n) is 2.40. The summed E-state index contributed by atoms with van der Waals surface area (Å²) in [6.45, 7) is 2.03. The van der Waals surface area contributed by atoms with E-state index in [4.69, 9.17) is 5.41 Å². The molecule has 2 fully saturated rings. The van der Waals surface area contributed by atoms with Crippen LogP contribution in [-0.2, 0) is 0 Å². The van der Waals surface area contributed by atoms with Gasteiger partial charge in [-0.3, -0.25) is 10.7 Å². The predicted molar refractivity (Wildman–Crippen MR) is 65.0 cm³/mol. The van der Waals surface area contributed by atoms with E-state index < -0.39 is 0 Å². The largest absolute Gasteiger partial charge is 0.323 e. The van der Waals surface area contributed by atoms with Gasteiger partial charge in [0.2, 0.25) is 0 Å². The third kappa shape index (κ3) is 1.69. The predicted octanol–water partition coefficient (Wildman–Crippen LogP) is 2.20. The Morgan fingerprint density at radius 3 is 2.82 bits per heavy atom. The topological polar surface area (TPSA) is 56.2 Å². The molecule has 17 heavy (non-hydrogen) atoms. The van der Waals surface area contributed by atoms with Crippen molar-refractivity contribution in [2.75, 3.05) is 0 Å². The highest BCUT2D eigenvalue weighted by molar-refractivity contribution is 6.06. The van der Waals surface area contributed by atoms with E-state index in [0.29, 0.717) is 11.9 Å². The van der Waals surface area contributed by atoms with Crippen molar-refractivity contribution in [1.82, 2.24) is 10.2 Å². The smallest absolute Gasteiger partial charge is 0.307 e. The molecule has 2 amide bonds. The van der Waals surface area contributed by atoms with Gasteiger partial charge in [-0.1, -0.05) is 29.8 Å². The molecule has 1 aromatic carbocycles. The lowest BCUT2D eigenvalue weighted by atomic mass is 10.0. The number of carbonyl (C=O) groups is 1. The lowest BCUT2D eigenvalue weighted by molar-refractivity contribution is 0.202. The van der Waals surface area contributed by atoms with E-state index in [-0.39, 0.29) is 12.1 Å². The van der Waals surface area contributed by atoms with Crippen molar-refractivity contribution >= 4 is 11.9 Å². The van der Waals surface area contributed by atoms with Crippen LogP contribution < -0.4 is 5.32 Å². The highest BCUT2D eigenvalue weighted by Gasteiger charge is 2.44. The van der Waals surface area contributed by atoms with Crippen molar-refractivity contribution < 1.29 is 4.79 Å². The lowest BCUT2D eigenvalue weighted by Gasteiger charge is -2.22. The summed E-state index contributed by atoms with van der Waals surface area (Å²) in [4.78, 5) is 13.6. The van der Waals surface area contributed by atoms with Gasteiger partial charge in [-0.15, -0.1) is 0 Å². The minimum absolute atomic E-state index is 0.121. The molecule has 4 heteroatoms. The summed E-state index contributed by atoms with van der Waals surface area (Å²) < 4.78 is 0. The zero-order chi connectivity index (χ0) is 12.0. The molecular formula is C13H15N3O. The number of nitrogens with zero attached hydrogens (tertiary/aromatic N) is 1. The van der Waals surface area contributed by atoms with Crippen LogP contribution in [0.3, 0.4) is 0 Å². The number of amides is 2. The van der Waals surface area contributed by atoms with Crippen LogP contribution in [0.5, 0.6) is 0 Å². The molecule has 1 aromatic rings. The Balaban J connectivity index is 1.99. The second kappa shape index (κ2) is 3.58. The first-order valence-corrected chi connectivity index (χ1v) is 5.91. The zero-order valence-electron chi connectivity index (χ0n) is 9.73. The van der Waals surface area contributed by atoms with Crippen LogP contribution in [0, 0.1) is 12.3 Å². The number of hydrogen-bond donors (Lipinski definition) is 2. The van der Waals surface area contributed by atoms with Gasteiger partial charge in [0, 0.05) is 6.04 Å². The Morgan fingerprint density at radius 1 is 1.41 bits per heavy atom. The Labute approximate surface area is 100 Å². The molecule has 2 N–H and O–H groups in total. The second-order valence-corrected chi connectivity index (χ2v) is 4.80. The summed E-state index contributed by atoms with van der Waals surface area (Å²) in [6.07, 6.45) is 2.12. The van der Waals surface area contributed by atoms with Crippen molar-refractivity contribution in [3.05, 3.63) is 35.4 Å². The number of hydrogen-bond acceptors (Lipinski definition) is 2. The first-order valence-electron chi connectivity index (χ1n) is 5.91. The molecule has 1 saturated carbocycles. The van der Waals surface area contributed by atoms with Gasteiger partial charge >= 0.3 is 6.03 Å². The van der Waals surface area contributed by atoms with E-state index in [0.717, 1.165) is 24.0 Å². The van der Waals surface area contributed by atoms with Crippen LogP contribution in [0.1, 0.15) is 30.0 Å².